The molecule has 0 saturated carbocycles. The highest BCUT2D eigenvalue weighted by molar-refractivity contribution is 5.09. The van der Waals surface area contributed by atoms with Crippen LogP contribution in [0.2, 0.25) is 0 Å². The number of fused-ring (bicyclic) bond motifs is 1. The Kier molecular flexibility index (Phi) is 2.44. The zero-order valence-electron chi connectivity index (χ0n) is 11.2. The van der Waals surface area contributed by atoms with Crippen molar-refractivity contribution in [3.05, 3.63) is 0 Å². The molecule has 0 amide bonds. The van der Waals surface area contributed by atoms with Crippen LogP contribution in [0.4, 0.5) is 0 Å². The molecule has 0 radical (unpaired) electrons. The van der Waals surface area contributed by atoms with E-state index in [4.69, 9.17) is 0 Å². The zero-order chi connectivity index (χ0) is 11.4. The van der Waals surface area contributed by atoms with Gasteiger partial charge < -0.3 is 0 Å². The predicted molar refractivity (Wildman–Crippen MR) is 65.1 cm³/mol. The highest BCUT2D eigenvalue weighted by Crippen LogP contribution is 2.40. The second-order valence-electron chi connectivity index (χ2n) is 7.11. The molecule has 2 aliphatic rings. The Morgan fingerprint density at radius 2 is 1.33 bits per heavy atom. The second-order valence-corrected chi connectivity index (χ2v) is 7.11. The van der Waals surface area contributed by atoms with E-state index in [0.717, 1.165) is 12.1 Å². The first-order chi connectivity index (χ1) is 6.71. The molecule has 0 N–H and O–H groups in total. The summed E-state index contributed by atoms with van der Waals surface area (Å²) in [5.74, 6) is 0. The number of rotatable bonds is 0. The summed E-state index contributed by atoms with van der Waals surface area (Å²) in [7, 11) is 0. The minimum absolute atomic E-state index is 0.351. The SMILES string of the molecule is CC(C)(C)N1CCC2C1CN2C(C)(C)C. The molecule has 2 nitrogen and oxygen atoms in total. The summed E-state index contributed by atoms with van der Waals surface area (Å²) >= 11 is 0. The van der Waals surface area contributed by atoms with Crippen LogP contribution in [0.1, 0.15) is 48.0 Å². The molecule has 0 aromatic heterocycles. The summed E-state index contributed by atoms with van der Waals surface area (Å²) in [6.07, 6.45) is 1.36. The van der Waals surface area contributed by atoms with Crippen molar-refractivity contribution in [1.29, 1.82) is 0 Å². The van der Waals surface area contributed by atoms with E-state index < -0.39 is 0 Å². The Morgan fingerprint density at radius 3 is 1.80 bits per heavy atom. The lowest BCUT2D eigenvalue weighted by Crippen LogP contribution is -2.68. The van der Waals surface area contributed by atoms with E-state index in [2.05, 4.69) is 51.3 Å². The standard InChI is InChI=1S/C13H26N2/c1-12(2,3)14-8-7-10-11(14)9-15(10)13(4,5)6/h10-11H,7-9H2,1-6H3. The third kappa shape index (κ3) is 1.83. The van der Waals surface area contributed by atoms with E-state index in [9.17, 15) is 0 Å². The Balaban J connectivity index is 2.03. The maximum absolute atomic E-state index is 2.69. The van der Waals surface area contributed by atoms with Crippen LogP contribution >= 0.6 is 0 Å². The number of hydrogen-bond donors (Lipinski definition) is 0. The van der Waals surface area contributed by atoms with Crippen LogP contribution in [0.15, 0.2) is 0 Å². The Labute approximate surface area is 94.6 Å². The third-order valence-electron chi connectivity index (χ3n) is 4.02. The maximum atomic E-state index is 2.69. The van der Waals surface area contributed by atoms with Crippen LogP contribution in [0.25, 0.3) is 0 Å². The van der Waals surface area contributed by atoms with Gasteiger partial charge in [-0.2, -0.15) is 0 Å². The lowest BCUT2D eigenvalue weighted by atomic mass is 9.88. The Morgan fingerprint density at radius 1 is 0.800 bits per heavy atom. The van der Waals surface area contributed by atoms with Gasteiger partial charge in [-0.25, -0.2) is 0 Å². The van der Waals surface area contributed by atoms with Gasteiger partial charge >= 0.3 is 0 Å². The van der Waals surface area contributed by atoms with Crippen molar-refractivity contribution in [1.82, 2.24) is 9.80 Å². The lowest BCUT2D eigenvalue weighted by Gasteiger charge is -2.55. The predicted octanol–water partition coefficient (Wildman–Crippen LogP) is 2.34. The molecule has 2 heteroatoms. The molecular formula is C13H26N2. The van der Waals surface area contributed by atoms with Gasteiger partial charge in [-0.05, 0) is 48.0 Å². The average Bonchev–Trinajstić information content (AvgIpc) is 2.22. The number of likely N-dealkylation sites (tertiary alicyclic amines) is 2. The fraction of sp³-hybridized carbons (Fsp3) is 1.00. The van der Waals surface area contributed by atoms with Crippen LogP contribution in [0.3, 0.4) is 0 Å². The molecule has 0 spiro atoms. The van der Waals surface area contributed by atoms with Crippen LogP contribution in [0.5, 0.6) is 0 Å². The molecule has 2 rings (SSSR count). The van der Waals surface area contributed by atoms with Crippen LogP contribution in [-0.4, -0.2) is 46.1 Å². The van der Waals surface area contributed by atoms with Gasteiger partial charge in [0, 0.05) is 36.3 Å². The van der Waals surface area contributed by atoms with Crippen molar-refractivity contribution >= 4 is 0 Å². The van der Waals surface area contributed by atoms with Crippen molar-refractivity contribution in [2.75, 3.05) is 13.1 Å². The van der Waals surface area contributed by atoms with Gasteiger partial charge in [0.05, 0.1) is 0 Å². The molecular weight excluding hydrogens is 184 g/mol. The first-order valence-corrected chi connectivity index (χ1v) is 6.25. The zero-order valence-corrected chi connectivity index (χ0v) is 11.2. The quantitative estimate of drug-likeness (QED) is 0.605. The van der Waals surface area contributed by atoms with Gasteiger partial charge in [0.2, 0.25) is 0 Å². The minimum atomic E-state index is 0.351. The number of hydrogen-bond acceptors (Lipinski definition) is 2. The van der Waals surface area contributed by atoms with E-state index in [1.807, 2.05) is 0 Å². The van der Waals surface area contributed by atoms with Crippen LogP contribution in [-0.2, 0) is 0 Å². The van der Waals surface area contributed by atoms with E-state index in [-0.39, 0.29) is 0 Å². The fourth-order valence-electron chi connectivity index (χ4n) is 3.22. The van der Waals surface area contributed by atoms with Gasteiger partial charge in [-0.15, -0.1) is 0 Å². The van der Waals surface area contributed by atoms with Gasteiger partial charge in [-0.3, -0.25) is 9.80 Å². The Bertz CT molecular complexity index is 246. The molecule has 2 saturated heterocycles. The van der Waals surface area contributed by atoms with E-state index in [1.165, 1.54) is 19.5 Å². The van der Waals surface area contributed by atoms with E-state index in [1.54, 1.807) is 0 Å². The van der Waals surface area contributed by atoms with Gasteiger partial charge in [0.25, 0.3) is 0 Å². The van der Waals surface area contributed by atoms with Crippen LogP contribution < -0.4 is 0 Å². The van der Waals surface area contributed by atoms with Gasteiger partial charge in [-0.1, -0.05) is 0 Å². The maximum Gasteiger partial charge on any atom is 0.0385 e. The molecule has 0 aromatic rings. The summed E-state index contributed by atoms with van der Waals surface area (Å²) in [6.45, 7) is 16.6. The van der Waals surface area contributed by atoms with Crippen molar-refractivity contribution in [2.24, 2.45) is 0 Å². The van der Waals surface area contributed by atoms with Crippen molar-refractivity contribution in [3.63, 3.8) is 0 Å². The molecule has 2 atom stereocenters. The van der Waals surface area contributed by atoms with Crippen LogP contribution in [0, 0.1) is 0 Å². The molecule has 2 heterocycles. The molecule has 88 valence electrons. The molecule has 0 bridgehead atoms. The third-order valence-corrected chi connectivity index (χ3v) is 4.02. The van der Waals surface area contributed by atoms with Crippen molar-refractivity contribution in [2.45, 2.75) is 71.1 Å². The Hall–Kier alpha value is -0.0800. The molecule has 15 heavy (non-hydrogen) atoms. The molecule has 2 unspecified atom stereocenters. The largest absolute Gasteiger partial charge is 0.293 e. The minimum Gasteiger partial charge on any atom is -0.293 e. The normalized spacial score (nSPS) is 34.0. The molecule has 0 aromatic carbocycles. The summed E-state index contributed by atoms with van der Waals surface area (Å²) < 4.78 is 0. The molecule has 2 aliphatic heterocycles. The van der Waals surface area contributed by atoms with Gasteiger partial charge in [0.15, 0.2) is 0 Å². The summed E-state index contributed by atoms with van der Waals surface area (Å²) in [5, 5.41) is 0. The number of nitrogens with zero attached hydrogens (tertiary/aromatic N) is 2. The van der Waals surface area contributed by atoms with Gasteiger partial charge in [0.1, 0.15) is 0 Å². The summed E-state index contributed by atoms with van der Waals surface area (Å²) in [6, 6.07) is 1.65. The molecule has 0 aliphatic carbocycles. The summed E-state index contributed by atoms with van der Waals surface area (Å²) in [4.78, 5) is 5.36. The second kappa shape index (κ2) is 3.21. The topological polar surface area (TPSA) is 6.48 Å². The highest BCUT2D eigenvalue weighted by atomic mass is 15.4. The summed E-state index contributed by atoms with van der Waals surface area (Å²) in [5.41, 5.74) is 0.707. The average molecular weight is 210 g/mol. The smallest absolute Gasteiger partial charge is 0.0385 e. The first-order valence-electron chi connectivity index (χ1n) is 6.25. The van der Waals surface area contributed by atoms with Crippen molar-refractivity contribution in [3.8, 4) is 0 Å². The first kappa shape index (κ1) is 11.4. The van der Waals surface area contributed by atoms with E-state index >= 15 is 0 Å². The fourth-order valence-corrected chi connectivity index (χ4v) is 3.22. The lowest BCUT2D eigenvalue weighted by molar-refractivity contribution is -0.0613. The molecule has 2 fully saturated rings. The highest BCUT2D eigenvalue weighted by Gasteiger charge is 2.52. The van der Waals surface area contributed by atoms with E-state index in [0.29, 0.717) is 11.1 Å². The van der Waals surface area contributed by atoms with Crippen molar-refractivity contribution < 1.29 is 0 Å². The monoisotopic (exact) mass is 210 g/mol.